The summed E-state index contributed by atoms with van der Waals surface area (Å²) in [4.78, 5) is 78.9. The Bertz CT molecular complexity index is 947. The van der Waals surface area contributed by atoms with E-state index in [9.17, 15) is 33.9 Å². The van der Waals surface area contributed by atoms with Crippen LogP contribution in [0, 0.1) is 5.92 Å². The molecule has 0 aromatic heterocycles. The zero-order chi connectivity index (χ0) is 32.2. The first kappa shape index (κ1) is 38.4. The van der Waals surface area contributed by atoms with Crippen molar-refractivity contribution in [2.24, 2.45) is 28.1 Å². The van der Waals surface area contributed by atoms with Crippen LogP contribution in [0.3, 0.4) is 0 Å². The number of carbonyl (C=O) groups excluding carboxylic acids is 5. The zero-order valence-electron chi connectivity index (χ0n) is 24.4. The van der Waals surface area contributed by atoms with Gasteiger partial charge in [0, 0.05) is 24.6 Å². The van der Waals surface area contributed by atoms with Crippen LogP contribution in [0.25, 0.3) is 0 Å². The predicted molar refractivity (Wildman–Crippen MR) is 158 cm³/mol. The van der Waals surface area contributed by atoms with E-state index < -0.39 is 72.1 Å². The Balaban J connectivity index is 5.89. The van der Waals surface area contributed by atoms with Crippen LogP contribution in [-0.4, -0.2) is 96.8 Å². The lowest BCUT2D eigenvalue weighted by molar-refractivity contribution is -0.145. The summed E-state index contributed by atoms with van der Waals surface area (Å²) in [6.45, 7) is 3.56. The average molecular weight is 619 g/mol. The molecule has 42 heavy (non-hydrogen) atoms. The van der Waals surface area contributed by atoms with Crippen LogP contribution in [0.4, 0.5) is 0 Å². The van der Waals surface area contributed by atoms with Gasteiger partial charge in [0.1, 0.15) is 24.2 Å². The highest BCUT2D eigenvalue weighted by atomic mass is 32.1. The Kier molecular flexibility index (Phi) is 19.3. The molecule has 0 heterocycles. The molecule has 4 amide bonds. The van der Waals surface area contributed by atoms with Crippen molar-refractivity contribution in [3.8, 4) is 0 Å². The topological polar surface area (TPSA) is 270 Å². The van der Waals surface area contributed by atoms with E-state index in [1.54, 1.807) is 6.92 Å². The summed E-state index contributed by atoms with van der Waals surface area (Å²) in [5.74, 6) is -5.03. The van der Waals surface area contributed by atoms with E-state index in [-0.39, 0.29) is 37.5 Å². The number of ether oxygens (including phenoxy) is 1. The quantitative estimate of drug-likeness (QED) is 0.0217. The van der Waals surface area contributed by atoms with Crippen LogP contribution in [0.1, 0.15) is 58.8 Å². The van der Waals surface area contributed by atoms with Crippen LogP contribution in [0.5, 0.6) is 0 Å². The number of amides is 4. The average Bonchev–Trinajstić information content (AvgIpc) is 2.94. The van der Waals surface area contributed by atoms with Crippen molar-refractivity contribution in [2.45, 2.75) is 83.0 Å². The standard InChI is InChI=1S/C25H46N8O8S/c1-14(13-42)20(36)31-17(8-6-12-29-25(27)28)22(38)33-18(9-10-19(34)35)23(39)32-16(7-4-5-11-26)21(37)30-15(2)24(40)41-3/h14-18,42H,4-13,26H2,1-3H3,(H,30,37)(H,31,36)(H,32,39)(H,33,38)(H,34,35)(H4,27,28,29). The Morgan fingerprint density at radius 3 is 1.79 bits per heavy atom. The molecule has 0 aliphatic carbocycles. The number of aliphatic carboxylic acids is 1. The molecule has 5 unspecified atom stereocenters. The Hall–Kier alpha value is -3.60. The highest BCUT2D eigenvalue weighted by Gasteiger charge is 2.31. The number of nitrogens with zero attached hydrogens (tertiary/aromatic N) is 1. The third-order valence-corrected chi connectivity index (χ3v) is 6.62. The molecular weight excluding hydrogens is 572 g/mol. The number of nitrogens with two attached hydrogens (primary N) is 3. The molecule has 240 valence electrons. The number of carboxylic acids is 1. The Labute approximate surface area is 251 Å². The van der Waals surface area contributed by atoms with Gasteiger partial charge in [-0.15, -0.1) is 0 Å². The lowest BCUT2D eigenvalue weighted by Gasteiger charge is -2.26. The molecule has 5 atom stereocenters. The van der Waals surface area contributed by atoms with Crippen LogP contribution in [0.2, 0.25) is 0 Å². The molecule has 0 saturated heterocycles. The summed E-state index contributed by atoms with van der Waals surface area (Å²) in [5.41, 5.74) is 16.2. The second-order valence-electron chi connectivity index (χ2n) is 9.69. The molecular formula is C25H46N8O8S. The summed E-state index contributed by atoms with van der Waals surface area (Å²) >= 11 is 4.10. The number of thiol groups is 1. The van der Waals surface area contributed by atoms with Crippen LogP contribution >= 0.6 is 12.6 Å². The van der Waals surface area contributed by atoms with Gasteiger partial charge in [-0.25, -0.2) is 4.79 Å². The molecule has 16 nitrogen and oxygen atoms in total. The van der Waals surface area contributed by atoms with E-state index >= 15 is 0 Å². The molecule has 0 aromatic carbocycles. The first-order valence-corrected chi connectivity index (χ1v) is 14.3. The van der Waals surface area contributed by atoms with E-state index in [0.717, 1.165) is 7.11 Å². The van der Waals surface area contributed by atoms with Gasteiger partial charge < -0.3 is 48.3 Å². The summed E-state index contributed by atoms with van der Waals surface area (Å²) < 4.78 is 4.61. The van der Waals surface area contributed by atoms with Crippen LogP contribution < -0.4 is 38.5 Å². The highest BCUT2D eigenvalue weighted by molar-refractivity contribution is 7.80. The van der Waals surface area contributed by atoms with Crippen molar-refractivity contribution in [2.75, 3.05) is 26.0 Å². The van der Waals surface area contributed by atoms with Gasteiger partial charge in [-0.3, -0.25) is 29.0 Å². The lowest BCUT2D eigenvalue weighted by atomic mass is 10.0. The summed E-state index contributed by atoms with van der Waals surface area (Å²) in [5, 5.41) is 19.3. The number of hydrogen-bond acceptors (Lipinski definition) is 10. The maximum absolute atomic E-state index is 13.3. The van der Waals surface area contributed by atoms with Crippen molar-refractivity contribution in [3.63, 3.8) is 0 Å². The van der Waals surface area contributed by atoms with E-state index in [1.807, 2.05) is 0 Å². The molecule has 0 bridgehead atoms. The fourth-order valence-corrected chi connectivity index (χ4v) is 3.73. The molecule has 0 aromatic rings. The van der Waals surface area contributed by atoms with Gasteiger partial charge in [-0.2, -0.15) is 12.6 Å². The molecule has 0 aliphatic rings. The Morgan fingerprint density at radius 2 is 1.31 bits per heavy atom. The van der Waals surface area contributed by atoms with Gasteiger partial charge in [0.15, 0.2) is 5.96 Å². The maximum atomic E-state index is 13.3. The second kappa shape index (κ2) is 21.2. The molecule has 0 fully saturated rings. The fourth-order valence-electron chi connectivity index (χ4n) is 3.56. The van der Waals surface area contributed by atoms with Crippen LogP contribution in [-0.2, 0) is 33.5 Å². The third kappa shape index (κ3) is 16.0. The minimum absolute atomic E-state index is 0.108. The first-order valence-electron chi connectivity index (χ1n) is 13.6. The molecule has 0 saturated carbocycles. The summed E-state index contributed by atoms with van der Waals surface area (Å²) in [7, 11) is 1.16. The second-order valence-corrected chi connectivity index (χ2v) is 10.1. The number of unbranched alkanes of at least 4 members (excludes halogenated alkanes) is 1. The fraction of sp³-hybridized carbons (Fsp3) is 0.720. The van der Waals surface area contributed by atoms with Gasteiger partial charge in [0.05, 0.1) is 7.11 Å². The zero-order valence-corrected chi connectivity index (χ0v) is 25.3. The molecule has 0 spiro atoms. The Morgan fingerprint density at radius 1 is 0.810 bits per heavy atom. The molecule has 11 N–H and O–H groups in total. The maximum Gasteiger partial charge on any atom is 0.328 e. The molecule has 0 radical (unpaired) electrons. The van der Waals surface area contributed by atoms with Crippen molar-refractivity contribution in [3.05, 3.63) is 0 Å². The number of rotatable bonds is 21. The van der Waals surface area contributed by atoms with Gasteiger partial charge in [-0.1, -0.05) is 6.92 Å². The monoisotopic (exact) mass is 618 g/mol. The number of methoxy groups -OCH3 is 1. The van der Waals surface area contributed by atoms with Crippen molar-refractivity contribution in [1.82, 2.24) is 21.3 Å². The molecule has 0 aliphatic heterocycles. The minimum atomic E-state index is -1.36. The van der Waals surface area contributed by atoms with Crippen molar-refractivity contribution < 1.29 is 38.6 Å². The normalized spacial score (nSPS) is 14.2. The SMILES string of the molecule is COC(=O)C(C)NC(=O)C(CCCCN)NC(=O)C(CCC(=O)O)NC(=O)C(CCCN=C(N)N)NC(=O)C(C)CS. The van der Waals surface area contributed by atoms with E-state index in [4.69, 9.17) is 17.2 Å². The smallest absolute Gasteiger partial charge is 0.328 e. The number of aliphatic imine (C=N–C) groups is 1. The number of hydrogen-bond donors (Lipinski definition) is 9. The number of carboxylic acid groups (broad SMARTS) is 1. The summed E-state index contributed by atoms with van der Waals surface area (Å²) in [6.07, 6.45) is 0.811. The van der Waals surface area contributed by atoms with Gasteiger partial charge in [-0.05, 0) is 52.0 Å². The predicted octanol–water partition coefficient (Wildman–Crippen LogP) is -2.27. The van der Waals surface area contributed by atoms with Crippen molar-refractivity contribution in [1.29, 1.82) is 0 Å². The van der Waals surface area contributed by atoms with Crippen molar-refractivity contribution >= 4 is 54.2 Å². The van der Waals surface area contributed by atoms with E-state index in [2.05, 4.69) is 43.6 Å². The number of nitrogens with one attached hydrogen (secondary N) is 4. The van der Waals surface area contributed by atoms with Crippen LogP contribution in [0.15, 0.2) is 4.99 Å². The van der Waals surface area contributed by atoms with Gasteiger partial charge in [0.25, 0.3) is 0 Å². The summed E-state index contributed by atoms with van der Waals surface area (Å²) in [6, 6.07) is -4.58. The minimum Gasteiger partial charge on any atom is -0.481 e. The largest absolute Gasteiger partial charge is 0.481 e. The van der Waals surface area contributed by atoms with Gasteiger partial charge >= 0.3 is 11.9 Å². The highest BCUT2D eigenvalue weighted by Crippen LogP contribution is 2.08. The lowest BCUT2D eigenvalue weighted by Crippen LogP contribution is -2.57. The van der Waals surface area contributed by atoms with Gasteiger partial charge in [0.2, 0.25) is 23.6 Å². The number of carbonyl (C=O) groups is 6. The van der Waals surface area contributed by atoms with E-state index in [0.29, 0.717) is 25.8 Å². The first-order chi connectivity index (χ1) is 19.8. The molecule has 0 rings (SSSR count). The molecule has 17 heteroatoms. The van der Waals surface area contributed by atoms with E-state index in [1.165, 1.54) is 6.92 Å². The number of esters is 1. The third-order valence-electron chi connectivity index (χ3n) is 6.07. The number of guanidine groups is 1.